The number of H-pyrrole nitrogens is 1. The van der Waals surface area contributed by atoms with Crippen molar-refractivity contribution in [2.24, 2.45) is 34.5 Å². The molecule has 0 spiro atoms. The van der Waals surface area contributed by atoms with Crippen LogP contribution in [0.4, 0.5) is 16.2 Å². The Kier molecular flexibility index (Phi) is 14.0. The van der Waals surface area contributed by atoms with Crippen molar-refractivity contribution in [1.29, 1.82) is 0 Å². The number of nitrogens with one attached hydrogen (secondary N) is 2. The molecule has 1 saturated carbocycles. The summed E-state index contributed by atoms with van der Waals surface area (Å²) >= 11 is 0. The maximum Gasteiger partial charge on any atom is 0.415 e. The number of hydrogen-bond donors (Lipinski definition) is 4. The van der Waals surface area contributed by atoms with Crippen LogP contribution in [0.1, 0.15) is 111 Å². The Hall–Kier alpha value is -4.87. The second-order valence-electron chi connectivity index (χ2n) is 18.0. The van der Waals surface area contributed by atoms with Crippen molar-refractivity contribution in [3.05, 3.63) is 46.8 Å². The van der Waals surface area contributed by atoms with Crippen LogP contribution in [0.5, 0.6) is 11.6 Å². The van der Waals surface area contributed by atoms with Gasteiger partial charge in [-0.15, -0.1) is 0 Å². The van der Waals surface area contributed by atoms with E-state index in [-0.39, 0.29) is 51.5 Å². The number of aliphatic hydroxyl groups excluding tert-OH is 2. The normalized spacial score (nSPS) is 20.3. The molecule has 5 rings (SSSR count). The molecule has 0 radical (unpaired) electrons. The molecule has 14 heteroatoms. The predicted octanol–water partition coefficient (Wildman–Crippen LogP) is 8.42. The van der Waals surface area contributed by atoms with E-state index in [1.54, 1.807) is 23.1 Å². The molecule has 2 aliphatic rings. The summed E-state index contributed by atoms with van der Waals surface area (Å²) in [4.78, 5) is 51.8. The number of aliphatic hydroxyl groups is 2. The Morgan fingerprint density at radius 3 is 2.36 bits per heavy atom. The van der Waals surface area contributed by atoms with Gasteiger partial charge in [0.1, 0.15) is 17.4 Å². The van der Waals surface area contributed by atoms with Crippen molar-refractivity contribution < 1.29 is 38.8 Å². The molecule has 2 fully saturated rings. The Balaban J connectivity index is 1.64. The topological polar surface area (TPSA) is 172 Å². The number of carbonyl (C=O) groups excluding carboxylic acids is 3. The second-order valence-corrected chi connectivity index (χ2v) is 18.0. The van der Waals surface area contributed by atoms with Gasteiger partial charge in [-0.25, -0.2) is 23.9 Å². The summed E-state index contributed by atoms with van der Waals surface area (Å²) in [7, 11) is 0. The van der Waals surface area contributed by atoms with Crippen molar-refractivity contribution in [3.8, 4) is 23.0 Å². The lowest BCUT2D eigenvalue weighted by atomic mass is 9.64. The molecule has 1 saturated heterocycles. The summed E-state index contributed by atoms with van der Waals surface area (Å²) in [6.07, 6.45) is 6.05. The van der Waals surface area contributed by atoms with E-state index in [0.717, 1.165) is 44.1 Å². The molecule has 316 valence electrons. The zero-order valence-electron chi connectivity index (χ0n) is 35.6. The molecule has 4 atom stereocenters. The van der Waals surface area contributed by atoms with E-state index in [1.165, 1.54) is 11.4 Å². The lowest BCUT2D eigenvalue weighted by Crippen LogP contribution is -2.45. The highest BCUT2D eigenvalue weighted by molar-refractivity contribution is 6.05. The maximum atomic E-state index is 14.7. The molecule has 3 heterocycles. The summed E-state index contributed by atoms with van der Waals surface area (Å²) in [5, 5.41) is 25.8. The van der Waals surface area contributed by atoms with E-state index in [9.17, 15) is 24.6 Å². The number of benzene rings is 1. The number of unbranched alkanes of at least 4 members (excludes halogenated alkanes) is 1. The number of anilines is 1. The van der Waals surface area contributed by atoms with Gasteiger partial charge in [0.05, 0.1) is 37.5 Å². The van der Waals surface area contributed by atoms with Crippen LogP contribution in [-0.4, -0.2) is 86.7 Å². The quantitative estimate of drug-likeness (QED) is 0.0573. The average Bonchev–Trinajstić information content (AvgIpc) is 3.72. The Morgan fingerprint density at radius 1 is 1.07 bits per heavy atom. The van der Waals surface area contributed by atoms with Crippen molar-refractivity contribution in [2.45, 2.75) is 107 Å². The number of likely N-dealkylation sites (tertiary alicyclic amines) is 1. The highest BCUT2D eigenvalue weighted by Gasteiger charge is 2.45. The fourth-order valence-corrected chi connectivity index (χ4v) is 7.87. The van der Waals surface area contributed by atoms with Gasteiger partial charge >= 0.3 is 12.1 Å². The van der Waals surface area contributed by atoms with Crippen molar-refractivity contribution in [2.75, 3.05) is 38.2 Å². The zero-order chi connectivity index (χ0) is 42.5. The minimum absolute atomic E-state index is 0.0223. The number of carbonyl (C=O) groups is 3. The lowest BCUT2D eigenvalue weighted by Gasteiger charge is -2.45. The van der Waals surface area contributed by atoms with Crippen LogP contribution >= 0.6 is 0 Å². The molecule has 2 amide bonds. The standard InChI is InChI=1S/C44H62N6O8/c1-11-12-19-56-33-14-13-29(23-32(33)46-41(54)44(9,24-51)25-52)37-47-38-34(35(45-10)39(50(38)48-37)58-42(55)49-17-15-27(4)16-18-49)40(53)57-36-30(20-26(2)3)21-28(5)22-31(36)43(6,7)8/h13-14,20,23,27-28,30-31,36,51-52H,11-12,15-19,21-22,24-25H2,1-9H3,(H,46,54)(H,47,48). The molecule has 1 aliphatic carbocycles. The summed E-state index contributed by atoms with van der Waals surface area (Å²) in [5.74, 6) is -0.0834. The molecular weight excluding hydrogens is 741 g/mol. The van der Waals surface area contributed by atoms with Gasteiger partial charge < -0.3 is 34.6 Å². The van der Waals surface area contributed by atoms with Gasteiger partial charge in [0.25, 0.3) is 5.69 Å². The number of hydrogen-bond acceptors (Lipinski definition) is 9. The number of fused-ring (bicyclic) bond motifs is 1. The molecular formula is C44H62N6O8. The molecule has 1 aromatic carbocycles. The highest BCUT2D eigenvalue weighted by Crippen LogP contribution is 2.47. The number of amides is 2. The van der Waals surface area contributed by atoms with Gasteiger partial charge in [-0.1, -0.05) is 59.6 Å². The van der Waals surface area contributed by atoms with Gasteiger partial charge in [-0.2, -0.15) is 0 Å². The first-order chi connectivity index (χ1) is 27.4. The number of ether oxygens (including phenoxy) is 3. The number of nitrogens with zero attached hydrogens (tertiary/aromatic N) is 4. The second kappa shape index (κ2) is 18.4. The summed E-state index contributed by atoms with van der Waals surface area (Å²) in [6.45, 7) is 26.8. The van der Waals surface area contributed by atoms with Crippen LogP contribution in [-0.2, 0) is 9.53 Å². The van der Waals surface area contributed by atoms with Gasteiger partial charge in [0.15, 0.2) is 11.5 Å². The molecule has 1 aliphatic heterocycles. The number of esters is 1. The zero-order valence-corrected chi connectivity index (χ0v) is 35.6. The molecule has 0 bridgehead atoms. The van der Waals surface area contributed by atoms with Gasteiger partial charge in [0, 0.05) is 30.5 Å². The van der Waals surface area contributed by atoms with Gasteiger partial charge in [-0.05, 0) is 88.3 Å². The van der Waals surface area contributed by atoms with E-state index in [2.05, 4.69) is 56.0 Å². The van der Waals surface area contributed by atoms with Crippen molar-refractivity contribution >= 4 is 35.0 Å². The molecule has 58 heavy (non-hydrogen) atoms. The summed E-state index contributed by atoms with van der Waals surface area (Å²) < 4.78 is 19.9. The van der Waals surface area contributed by atoms with Crippen LogP contribution in [0.25, 0.3) is 21.9 Å². The van der Waals surface area contributed by atoms with E-state index < -0.39 is 42.7 Å². The highest BCUT2D eigenvalue weighted by atomic mass is 16.6. The first-order valence-electron chi connectivity index (χ1n) is 20.6. The first-order valence-corrected chi connectivity index (χ1v) is 20.6. The van der Waals surface area contributed by atoms with Crippen LogP contribution in [0.2, 0.25) is 0 Å². The summed E-state index contributed by atoms with van der Waals surface area (Å²) in [5.41, 5.74) is -0.0860. The predicted molar refractivity (Wildman–Crippen MR) is 222 cm³/mol. The lowest BCUT2D eigenvalue weighted by molar-refractivity contribution is -0.129. The van der Waals surface area contributed by atoms with Crippen molar-refractivity contribution in [1.82, 2.24) is 19.5 Å². The molecule has 2 aromatic heterocycles. The SMILES string of the molecule is [C-]#[N+]c1c(C(=O)OC2C(C=C(C)C)CC(C)CC2C(C)(C)C)c2nc(-c3ccc(OCCCC)c(NC(=O)C(C)(CO)CO)c3)[nH]n2c1OC(=O)N1CCC(C)CC1. The Bertz CT molecular complexity index is 2020. The van der Waals surface area contributed by atoms with Crippen LogP contribution in [0.3, 0.4) is 0 Å². The molecule has 14 nitrogen and oxygen atoms in total. The third-order valence-electron chi connectivity index (χ3n) is 11.6. The van der Waals surface area contributed by atoms with Crippen LogP contribution in [0.15, 0.2) is 29.8 Å². The third kappa shape index (κ3) is 9.69. The number of piperidine rings is 1. The van der Waals surface area contributed by atoms with E-state index in [1.807, 2.05) is 20.8 Å². The monoisotopic (exact) mass is 802 g/mol. The number of rotatable bonds is 13. The minimum atomic E-state index is -1.47. The van der Waals surface area contributed by atoms with E-state index >= 15 is 0 Å². The fourth-order valence-electron chi connectivity index (χ4n) is 7.87. The maximum absolute atomic E-state index is 14.7. The smallest absolute Gasteiger partial charge is 0.415 e. The average molecular weight is 803 g/mol. The number of aromatic amines is 1. The number of aromatic nitrogens is 3. The van der Waals surface area contributed by atoms with Crippen LogP contribution < -0.4 is 14.8 Å². The van der Waals surface area contributed by atoms with E-state index in [0.29, 0.717) is 42.8 Å². The minimum Gasteiger partial charge on any atom is -0.491 e. The molecule has 3 aromatic rings. The largest absolute Gasteiger partial charge is 0.491 e. The third-order valence-corrected chi connectivity index (χ3v) is 11.6. The van der Waals surface area contributed by atoms with Crippen molar-refractivity contribution in [3.63, 3.8) is 0 Å². The van der Waals surface area contributed by atoms with Gasteiger partial charge in [0.2, 0.25) is 11.8 Å². The molecule has 4 N–H and O–H groups in total. The molecule has 4 unspecified atom stereocenters. The Morgan fingerprint density at radius 2 is 1.76 bits per heavy atom. The fraction of sp³-hybridized carbons (Fsp3) is 0.614. The van der Waals surface area contributed by atoms with Crippen LogP contribution in [0, 0.1) is 41.1 Å². The van der Waals surface area contributed by atoms with E-state index in [4.69, 9.17) is 25.8 Å². The first kappa shape index (κ1) is 44.2. The number of allylic oxidation sites excluding steroid dienone is 1. The van der Waals surface area contributed by atoms with Gasteiger partial charge in [-0.3, -0.25) is 9.89 Å². The Labute approximate surface area is 342 Å². The summed E-state index contributed by atoms with van der Waals surface area (Å²) in [6, 6.07) is 5.02.